The van der Waals surface area contributed by atoms with Crippen LogP contribution in [0.1, 0.15) is 54.4 Å². The number of rotatable bonds is 6. The van der Waals surface area contributed by atoms with Crippen LogP contribution in [0.4, 0.5) is 0 Å². The van der Waals surface area contributed by atoms with E-state index in [4.69, 9.17) is 0 Å². The zero-order valence-corrected chi connectivity index (χ0v) is 12.3. The van der Waals surface area contributed by atoms with Gasteiger partial charge >= 0.3 is 0 Å². The van der Waals surface area contributed by atoms with E-state index in [0.717, 1.165) is 23.7 Å². The van der Waals surface area contributed by atoms with Crippen molar-refractivity contribution in [2.45, 2.75) is 59.2 Å². The van der Waals surface area contributed by atoms with E-state index in [2.05, 4.69) is 57.5 Å². The van der Waals surface area contributed by atoms with E-state index in [9.17, 15) is 0 Å². The molecular weight excluding hydrogens is 236 g/mol. The van der Waals surface area contributed by atoms with E-state index < -0.39 is 0 Å². The number of hydrogen-bond donors (Lipinski definition) is 0. The van der Waals surface area contributed by atoms with Crippen molar-refractivity contribution in [2.24, 2.45) is 23.7 Å². The maximum atomic E-state index is 3.87. The van der Waals surface area contributed by atoms with Crippen LogP contribution in [-0.4, -0.2) is 4.83 Å². The third kappa shape index (κ3) is 6.06. The van der Waals surface area contributed by atoms with Gasteiger partial charge in [0, 0.05) is 4.83 Å². The molecule has 86 valence electrons. The fraction of sp³-hybridized carbons (Fsp3) is 1.00. The van der Waals surface area contributed by atoms with Crippen LogP contribution in [0.25, 0.3) is 0 Å². The van der Waals surface area contributed by atoms with Gasteiger partial charge in [-0.2, -0.15) is 0 Å². The summed E-state index contributed by atoms with van der Waals surface area (Å²) in [5, 5.41) is 0. The lowest BCUT2D eigenvalue weighted by molar-refractivity contribution is 0.307. The number of alkyl halides is 1. The fourth-order valence-corrected chi connectivity index (χ4v) is 2.54. The molecule has 0 nitrogen and oxygen atoms in total. The molecule has 0 N–H and O–H groups in total. The zero-order valence-electron chi connectivity index (χ0n) is 10.7. The maximum Gasteiger partial charge on any atom is 0.0197 e. The molecule has 0 radical (unpaired) electrons. The Labute approximate surface area is 99.0 Å². The number of halogens is 1. The van der Waals surface area contributed by atoms with Crippen LogP contribution in [0.3, 0.4) is 0 Å². The molecule has 0 spiro atoms. The Morgan fingerprint density at radius 1 is 0.786 bits per heavy atom. The van der Waals surface area contributed by atoms with Gasteiger partial charge < -0.3 is 0 Å². The first-order valence-corrected chi connectivity index (χ1v) is 6.90. The Morgan fingerprint density at radius 3 is 1.36 bits per heavy atom. The molecule has 0 aliphatic carbocycles. The van der Waals surface area contributed by atoms with E-state index in [-0.39, 0.29) is 0 Å². The normalized spacial score (nSPS) is 14.8. The molecule has 0 aromatic carbocycles. The van der Waals surface area contributed by atoms with E-state index in [1.54, 1.807) is 0 Å². The highest BCUT2D eigenvalue weighted by atomic mass is 79.9. The van der Waals surface area contributed by atoms with Gasteiger partial charge in [-0.3, -0.25) is 0 Å². The standard InChI is InChI=1S/C13H27Br/c1-9(2)7-12(8-10(3)4)13(14)11(5)6/h9-13H,7-8H2,1-6H3. The van der Waals surface area contributed by atoms with Gasteiger partial charge in [-0.15, -0.1) is 0 Å². The first kappa shape index (κ1) is 14.5. The van der Waals surface area contributed by atoms with Crippen molar-refractivity contribution >= 4 is 15.9 Å². The summed E-state index contributed by atoms with van der Waals surface area (Å²) in [5.74, 6) is 3.22. The second kappa shape index (κ2) is 6.87. The van der Waals surface area contributed by atoms with Crippen LogP contribution < -0.4 is 0 Å². The molecular formula is C13H27Br. The van der Waals surface area contributed by atoms with Gasteiger partial charge in [-0.05, 0) is 36.5 Å². The Morgan fingerprint density at radius 2 is 1.14 bits per heavy atom. The third-order valence-corrected chi connectivity index (χ3v) is 4.44. The first-order chi connectivity index (χ1) is 6.34. The van der Waals surface area contributed by atoms with Crippen LogP contribution in [0.15, 0.2) is 0 Å². The Kier molecular flexibility index (Phi) is 7.11. The molecule has 1 heteroatoms. The van der Waals surface area contributed by atoms with E-state index in [1.165, 1.54) is 12.8 Å². The molecule has 0 saturated carbocycles. The minimum atomic E-state index is 0.687. The summed E-state index contributed by atoms with van der Waals surface area (Å²) in [6, 6.07) is 0. The van der Waals surface area contributed by atoms with Crippen LogP contribution in [0.5, 0.6) is 0 Å². The Hall–Kier alpha value is 0.480. The van der Waals surface area contributed by atoms with Gasteiger partial charge in [0.25, 0.3) is 0 Å². The minimum absolute atomic E-state index is 0.687. The monoisotopic (exact) mass is 262 g/mol. The van der Waals surface area contributed by atoms with Gasteiger partial charge in [0.1, 0.15) is 0 Å². The van der Waals surface area contributed by atoms with Crippen LogP contribution in [-0.2, 0) is 0 Å². The van der Waals surface area contributed by atoms with E-state index >= 15 is 0 Å². The van der Waals surface area contributed by atoms with E-state index in [0.29, 0.717) is 4.83 Å². The topological polar surface area (TPSA) is 0 Å². The van der Waals surface area contributed by atoms with Gasteiger partial charge in [-0.25, -0.2) is 0 Å². The van der Waals surface area contributed by atoms with Gasteiger partial charge in [-0.1, -0.05) is 57.5 Å². The lowest BCUT2D eigenvalue weighted by Crippen LogP contribution is -2.23. The highest BCUT2D eigenvalue weighted by molar-refractivity contribution is 9.09. The lowest BCUT2D eigenvalue weighted by Gasteiger charge is -2.28. The largest absolute Gasteiger partial charge is 0.0885 e. The quantitative estimate of drug-likeness (QED) is 0.584. The van der Waals surface area contributed by atoms with Crippen molar-refractivity contribution in [2.75, 3.05) is 0 Å². The summed E-state index contributed by atoms with van der Waals surface area (Å²) in [4.78, 5) is 0.687. The van der Waals surface area contributed by atoms with Crippen molar-refractivity contribution in [1.82, 2.24) is 0 Å². The molecule has 1 atom stereocenters. The second-order valence-corrected chi connectivity index (χ2v) is 6.76. The minimum Gasteiger partial charge on any atom is -0.0885 e. The van der Waals surface area contributed by atoms with Crippen molar-refractivity contribution in [3.8, 4) is 0 Å². The van der Waals surface area contributed by atoms with Crippen molar-refractivity contribution in [1.29, 1.82) is 0 Å². The molecule has 0 rings (SSSR count). The molecule has 14 heavy (non-hydrogen) atoms. The third-order valence-electron chi connectivity index (χ3n) is 2.64. The highest BCUT2D eigenvalue weighted by Crippen LogP contribution is 2.31. The molecule has 0 aliphatic heterocycles. The Balaban J connectivity index is 4.22. The SMILES string of the molecule is CC(C)CC(CC(C)C)C(Br)C(C)C. The predicted octanol–water partition coefficient (Wildman–Crippen LogP) is 5.11. The van der Waals surface area contributed by atoms with Crippen molar-refractivity contribution in [3.05, 3.63) is 0 Å². The second-order valence-electron chi connectivity index (χ2n) is 5.71. The maximum absolute atomic E-state index is 3.87. The molecule has 0 fully saturated rings. The van der Waals surface area contributed by atoms with Crippen LogP contribution in [0, 0.1) is 23.7 Å². The van der Waals surface area contributed by atoms with Gasteiger partial charge in [0.05, 0.1) is 0 Å². The summed E-state index contributed by atoms with van der Waals surface area (Å²) in [5.41, 5.74) is 0. The van der Waals surface area contributed by atoms with Crippen molar-refractivity contribution in [3.63, 3.8) is 0 Å². The summed E-state index contributed by atoms with van der Waals surface area (Å²) in [6.07, 6.45) is 2.71. The van der Waals surface area contributed by atoms with Gasteiger partial charge in [0.2, 0.25) is 0 Å². The molecule has 0 amide bonds. The van der Waals surface area contributed by atoms with Gasteiger partial charge in [0.15, 0.2) is 0 Å². The molecule has 1 unspecified atom stereocenters. The molecule has 0 heterocycles. The van der Waals surface area contributed by atoms with Crippen LogP contribution >= 0.6 is 15.9 Å². The average molecular weight is 263 g/mol. The fourth-order valence-electron chi connectivity index (χ4n) is 2.11. The lowest BCUT2D eigenvalue weighted by atomic mass is 9.84. The van der Waals surface area contributed by atoms with Crippen LogP contribution in [0.2, 0.25) is 0 Å². The smallest absolute Gasteiger partial charge is 0.0197 e. The number of hydrogen-bond acceptors (Lipinski definition) is 0. The Bertz CT molecular complexity index is 128. The summed E-state index contributed by atoms with van der Waals surface area (Å²) < 4.78 is 0. The van der Waals surface area contributed by atoms with Crippen molar-refractivity contribution < 1.29 is 0 Å². The molecule has 0 saturated heterocycles. The first-order valence-electron chi connectivity index (χ1n) is 5.98. The molecule has 0 aliphatic rings. The average Bonchev–Trinajstić information content (AvgIpc) is 1.99. The molecule has 0 aromatic heterocycles. The highest BCUT2D eigenvalue weighted by Gasteiger charge is 2.23. The summed E-state index contributed by atoms with van der Waals surface area (Å²) >= 11 is 3.87. The molecule has 0 aromatic rings. The molecule has 0 bridgehead atoms. The summed E-state index contributed by atoms with van der Waals surface area (Å²) in [6.45, 7) is 13.9. The summed E-state index contributed by atoms with van der Waals surface area (Å²) in [7, 11) is 0. The van der Waals surface area contributed by atoms with E-state index in [1.807, 2.05) is 0 Å². The predicted molar refractivity (Wildman–Crippen MR) is 70.0 cm³/mol. The zero-order chi connectivity index (χ0) is 11.3.